The molecule has 2 aliphatic carbocycles. The molecule has 2 aliphatic rings. The lowest BCUT2D eigenvalue weighted by molar-refractivity contribution is 0.928. The van der Waals surface area contributed by atoms with Gasteiger partial charge in [-0.3, -0.25) is 5.41 Å². The number of allylic oxidation sites excluding steroid dienone is 5. The van der Waals surface area contributed by atoms with Gasteiger partial charge in [-0.15, -0.1) is 0 Å². The third-order valence-electron chi connectivity index (χ3n) is 7.32. The highest BCUT2D eigenvalue weighted by Gasteiger charge is 2.24. The van der Waals surface area contributed by atoms with E-state index < -0.39 is 0 Å². The third kappa shape index (κ3) is 3.95. The van der Waals surface area contributed by atoms with Crippen molar-refractivity contribution in [3.05, 3.63) is 99.2 Å². The van der Waals surface area contributed by atoms with E-state index >= 15 is 0 Å². The van der Waals surface area contributed by atoms with Crippen LogP contribution in [-0.4, -0.2) is 25.6 Å². The second-order valence-electron chi connectivity index (χ2n) is 10.1. The molecule has 6 rings (SSSR count). The largest absolute Gasteiger partial charge is 0.357 e. The summed E-state index contributed by atoms with van der Waals surface area (Å²) in [5.41, 5.74) is 15.0. The number of aryl methyl sites for hydroxylation is 4. The Labute approximate surface area is 216 Å². The van der Waals surface area contributed by atoms with Crippen LogP contribution in [0, 0.1) is 33.1 Å². The maximum absolute atomic E-state index is 8.50. The fourth-order valence-corrected chi connectivity index (χ4v) is 4.77. The molecule has 4 aromatic rings. The van der Waals surface area contributed by atoms with Gasteiger partial charge in [0.1, 0.15) is 11.4 Å². The third-order valence-corrected chi connectivity index (χ3v) is 7.32. The average Bonchev–Trinajstić information content (AvgIpc) is 2.97. The topological polar surface area (TPSA) is 87.4 Å². The zero-order valence-electron chi connectivity index (χ0n) is 21.7. The number of nitrogens with zero attached hydrogens (tertiary/aromatic N) is 4. The van der Waals surface area contributed by atoms with Gasteiger partial charge < -0.3 is 5.32 Å². The molecule has 37 heavy (non-hydrogen) atoms. The zero-order valence-corrected chi connectivity index (χ0v) is 21.7. The van der Waals surface area contributed by atoms with E-state index in [1.165, 1.54) is 22.3 Å². The van der Waals surface area contributed by atoms with Gasteiger partial charge in [0.2, 0.25) is 0 Å². The Morgan fingerprint density at radius 2 is 1.24 bits per heavy atom. The Kier molecular flexibility index (Phi) is 5.16. The van der Waals surface area contributed by atoms with Crippen LogP contribution < -0.4 is 5.32 Å². The zero-order chi connectivity index (χ0) is 26.0. The lowest BCUT2D eigenvalue weighted by atomic mass is 9.99. The van der Waals surface area contributed by atoms with Crippen LogP contribution in [0.4, 0.5) is 0 Å². The molecule has 6 heteroatoms. The first-order valence-electron chi connectivity index (χ1n) is 12.4. The second-order valence-corrected chi connectivity index (χ2v) is 10.1. The highest BCUT2D eigenvalue weighted by atomic mass is 15.0. The van der Waals surface area contributed by atoms with Crippen LogP contribution in [0.5, 0.6) is 0 Å². The minimum atomic E-state index is 0.418. The highest BCUT2D eigenvalue weighted by molar-refractivity contribution is 6.08. The molecule has 182 valence electrons. The summed E-state index contributed by atoms with van der Waals surface area (Å²) in [6.07, 6.45) is 6.28. The first-order chi connectivity index (χ1) is 17.7. The monoisotopic (exact) mass is 484 g/mol. The molecule has 0 aliphatic heterocycles. The van der Waals surface area contributed by atoms with Crippen LogP contribution in [0.3, 0.4) is 0 Å². The summed E-state index contributed by atoms with van der Waals surface area (Å²) < 4.78 is 0. The van der Waals surface area contributed by atoms with Crippen molar-refractivity contribution in [3.63, 3.8) is 0 Å². The molecule has 0 spiro atoms. The van der Waals surface area contributed by atoms with Gasteiger partial charge in [0, 0.05) is 12.1 Å². The molecule has 0 unspecified atom stereocenters. The number of nitrogens with one attached hydrogen (secondary N) is 2. The lowest BCUT2D eigenvalue weighted by Crippen LogP contribution is -2.22. The summed E-state index contributed by atoms with van der Waals surface area (Å²) in [5, 5.41) is 12.0. The molecular weight excluding hydrogens is 456 g/mol. The molecular formula is C31H28N6. The van der Waals surface area contributed by atoms with Crippen molar-refractivity contribution in [1.82, 2.24) is 25.3 Å². The quantitative estimate of drug-likeness (QED) is 0.345. The smallest absolute Gasteiger partial charge is 0.117 e. The highest BCUT2D eigenvalue weighted by Crippen LogP contribution is 2.33. The molecule has 0 fully saturated rings. The molecule has 2 aromatic carbocycles. The van der Waals surface area contributed by atoms with Gasteiger partial charge in [-0.05, 0) is 111 Å². The molecule has 0 atom stereocenters. The maximum Gasteiger partial charge on any atom is 0.117 e. The molecule has 0 saturated heterocycles. The fraction of sp³-hybridized carbons (Fsp3) is 0.194. The lowest BCUT2D eigenvalue weighted by Gasteiger charge is -2.18. The Bertz CT molecular complexity index is 1800. The molecule has 0 bridgehead atoms. The minimum absolute atomic E-state index is 0.418. The Balaban J connectivity index is 1.58. The van der Waals surface area contributed by atoms with Gasteiger partial charge in [-0.25, -0.2) is 19.9 Å². The predicted molar refractivity (Wildman–Crippen MR) is 151 cm³/mol. The van der Waals surface area contributed by atoms with Crippen LogP contribution in [0.2, 0.25) is 0 Å². The Morgan fingerprint density at radius 3 is 1.86 bits per heavy atom. The molecule has 0 amide bonds. The predicted octanol–water partition coefficient (Wildman–Crippen LogP) is 6.38. The van der Waals surface area contributed by atoms with Gasteiger partial charge in [0.25, 0.3) is 0 Å². The minimum Gasteiger partial charge on any atom is -0.357 e. The van der Waals surface area contributed by atoms with Crippen LogP contribution in [-0.2, 0) is 6.42 Å². The van der Waals surface area contributed by atoms with E-state index in [1.807, 2.05) is 25.2 Å². The van der Waals surface area contributed by atoms with Crippen molar-refractivity contribution in [2.24, 2.45) is 0 Å². The van der Waals surface area contributed by atoms with Gasteiger partial charge in [-0.1, -0.05) is 6.58 Å². The first-order valence-corrected chi connectivity index (χ1v) is 12.4. The van der Waals surface area contributed by atoms with E-state index in [1.54, 1.807) is 0 Å². The summed E-state index contributed by atoms with van der Waals surface area (Å²) in [6.45, 7) is 14.5. The SMILES string of the molecule is C=C1C=C(NC2=Cc3nc4cc(C)c(C)cc4nc3-c3nc4cc(C)c(C)cc4nc3C2)C(=N)C=C1C. The molecule has 6 nitrogen and oxygen atoms in total. The maximum atomic E-state index is 8.50. The van der Waals surface area contributed by atoms with Gasteiger partial charge in [0.15, 0.2) is 0 Å². The van der Waals surface area contributed by atoms with Crippen molar-refractivity contribution in [2.45, 2.75) is 41.0 Å². The van der Waals surface area contributed by atoms with Crippen LogP contribution in [0.15, 0.2) is 65.5 Å². The van der Waals surface area contributed by atoms with E-state index in [0.29, 0.717) is 17.8 Å². The number of hydrogen-bond acceptors (Lipinski definition) is 6. The Morgan fingerprint density at radius 1 is 0.703 bits per heavy atom. The summed E-state index contributed by atoms with van der Waals surface area (Å²) in [5.74, 6) is 0. The van der Waals surface area contributed by atoms with Crippen LogP contribution >= 0.6 is 0 Å². The van der Waals surface area contributed by atoms with Gasteiger partial charge in [0.05, 0.1) is 44.9 Å². The number of fused-ring (bicyclic) bond motifs is 5. The summed E-state index contributed by atoms with van der Waals surface area (Å²) in [7, 11) is 0. The molecule has 2 heterocycles. The normalized spacial score (nSPS) is 15.1. The molecule has 2 aromatic heterocycles. The van der Waals surface area contributed by atoms with Crippen molar-refractivity contribution in [1.29, 1.82) is 5.41 Å². The van der Waals surface area contributed by atoms with Crippen LogP contribution in [0.25, 0.3) is 39.5 Å². The van der Waals surface area contributed by atoms with Crippen molar-refractivity contribution >= 4 is 33.9 Å². The second kappa shape index (κ2) is 8.30. The average molecular weight is 485 g/mol. The molecule has 0 radical (unpaired) electrons. The molecule has 2 N–H and O–H groups in total. The first kappa shape index (κ1) is 23.0. The Hall–Kier alpha value is -4.45. The van der Waals surface area contributed by atoms with E-state index in [9.17, 15) is 0 Å². The number of benzene rings is 2. The van der Waals surface area contributed by atoms with Crippen molar-refractivity contribution in [3.8, 4) is 11.4 Å². The van der Waals surface area contributed by atoms with E-state index in [0.717, 1.165) is 61.7 Å². The summed E-state index contributed by atoms with van der Waals surface area (Å²) in [6, 6.07) is 8.35. The van der Waals surface area contributed by atoms with E-state index in [2.05, 4.69) is 63.9 Å². The van der Waals surface area contributed by atoms with Gasteiger partial charge >= 0.3 is 0 Å². The van der Waals surface area contributed by atoms with Crippen molar-refractivity contribution < 1.29 is 0 Å². The number of aromatic nitrogens is 4. The van der Waals surface area contributed by atoms with Gasteiger partial charge in [-0.2, -0.15) is 0 Å². The molecule has 0 saturated carbocycles. The van der Waals surface area contributed by atoms with Crippen molar-refractivity contribution in [2.75, 3.05) is 0 Å². The van der Waals surface area contributed by atoms with E-state index in [-0.39, 0.29) is 0 Å². The summed E-state index contributed by atoms with van der Waals surface area (Å²) >= 11 is 0. The van der Waals surface area contributed by atoms with Crippen LogP contribution in [0.1, 0.15) is 40.6 Å². The number of hydrogen-bond donors (Lipinski definition) is 2. The summed E-state index contributed by atoms with van der Waals surface area (Å²) in [4.78, 5) is 20.2. The standard InChI is InChI=1S/C31H28N6/c1-15-7-22(32)23(8-16(15)2)33-21-13-28-30(36-26-11-19(5)17(3)9-24(26)34-28)31-29(14-21)35-25-10-18(4)20(6)12-27(25)37-31/h7-13,32-33H,2,14H2,1,3-6H3. The fourth-order valence-electron chi connectivity index (χ4n) is 4.77. The number of rotatable bonds is 2. The van der Waals surface area contributed by atoms with E-state index in [4.69, 9.17) is 25.3 Å².